The number of nitrogens with zero attached hydrogens (tertiary/aromatic N) is 2. The third kappa shape index (κ3) is 4.17. The number of hydrogen-bond donors (Lipinski definition) is 0. The summed E-state index contributed by atoms with van der Waals surface area (Å²) in [6.45, 7) is 1.29. The number of amides is 1. The van der Waals surface area contributed by atoms with Gasteiger partial charge in [0.05, 0.1) is 26.5 Å². The molecule has 0 bridgehead atoms. The Hall–Kier alpha value is -3.12. The molecule has 2 heterocycles. The third-order valence-electron chi connectivity index (χ3n) is 4.89. The Labute approximate surface area is 174 Å². The monoisotopic (exact) mass is 406 g/mol. The van der Waals surface area contributed by atoms with Gasteiger partial charge in [0.1, 0.15) is 5.01 Å². The molecule has 6 heteroatoms. The summed E-state index contributed by atoms with van der Waals surface area (Å²) in [7, 11) is 3.20. The molecule has 0 radical (unpaired) electrons. The fourth-order valence-corrected chi connectivity index (χ4v) is 4.45. The van der Waals surface area contributed by atoms with Crippen molar-refractivity contribution in [1.82, 2.24) is 9.88 Å². The van der Waals surface area contributed by atoms with Gasteiger partial charge in [-0.3, -0.25) is 4.79 Å². The van der Waals surface area contributed by atoms with E-state index < -0.39 is 0 Å². The summed E-state index contributed by atoms with van der Waals surface area (Å²) >= 11 is 1.67. The number of rotatable bonds is 5. The zero-order valence-corrected chi connectivity index (χ0v) is 17.2. The lowest BCUT2D eigenvalue weighted by atomic mass is 10.1. The minimum Gasteiger partial charge on any atom is -0.493 e. The highest BCUT2D eigenvalue weighted by molar-refractivity contribution is 7.15. The normalized spacial score (nSPS) is 13.4. The number of methoxy groups -OCH3 is 2. The molecule has 0 saturated carbocycles. The molecule has 29 heavy (non-hydrogen) atoms. The van der Waals surface area contributed by atoms with Crippen LogP contribution in [0.25, 0.3) is 16.6 Å². The number of benzene rings is 2. The van der Waals surface area contributed by atoms with Crippen molar-refractivity contribution in [3.8, 4) is 22.1 Å². The van der Waals surface area contributed by atoms with Crippen molar-refractivity contribution >= 4 is 23.3 Å². The fraction of sp³-hybridized carbons (Fsp3) is 0.217. The first-order valence-corrected chi connectivity index (χ1v) is 10.2. The van der Waals surface area contributed by atoms with E-state index in [0.29, 0.717) is 24.6 Å². The molecule has 5 nitrogen and oxygen atoms in total. The number of ether oxygens (including phenoxy) is 2. The molecule has 0 spiro atoms. The smallest absolute Gasteiger partial charge is 0.246 e. The maximum Gasteiger partial charge on any atom is 0.246 e. The van der Waals surface area contributed by atoms with E-state index in [1.807, 2.05) is 47.4 Å². The number of carbonyl (C=O) groups excluding carboxylic acids is 1. The van der Waals surface area contributed by atoms with Crippen molar-refractivity contribution in [2.75, 3.05) is 20.8 Å². The van der Waals surface area contributed by atoms with Gasteiger partial charge >= 0.3 is 0 Å². The van der Waals surface area contributed by atoms with Crippen molar-refractivity contribution < 1.29 is 14.3 Å². The van der Waals surface area contributed by atoms with E-state index in [2.05, 4.69) is 12.1 Å². The van der Waals surface area contributed by atoms with Crippen LogP contribution in [0.5, 0.6) is 11.5 Å². The summed E-state index contributed by atoms with van der Waals surface area (Å²) in [5, 5.41) is 1.02. The molecular weight excluding hydrogens is 384 g/mol. The zero-order valence-electron chi connectivity index (χ0n) is 16.4. The summed E-state index contributed by atoms with van der Waals surface area (Å²) in [6, 6.07) is 15.8. The second-order valence-corrected chi connectivity index (χ2v) is 7.80. The standard InChI is InChI=1S/C23H22N2O3S/c1-27-19-10-8-16(14-20(19)28-2)9-11-22(26)25-13-12-18-21(15-25)29-23(24-18)17-6-4-3-5-7-17/h3-11,14H,12-13,15H2,1-2H3/b11-9+. The average molecular weight is 407 g/mol. The van der Waals surface area contributed by atoms with Gasteiger partial charge in [-0.1, -0.05) is 36.4 Å². The van der Waals surface area contributed by atoms with Gasteiger partial charge in [-0.2, -0.15) is 0 Å². The molecule has 1 aromatic heterocycles. The molecular formula is C23H22N2O3S. The van der Waals surface area contributed by atoms with E-state index >= 15 is 0 Å². The van der Waals surface area contributed by atoms with Crippen LogP contribution in [0.4, 0.5) is 0 Å². The largest absolute Gasteiger partial charge is 0.493 e. The Morgan fingerprint density at radius 2 is 1.90 bits per heavy atom. The molecule has 0 N–H and O–H groups in total. The maximum atomic E-state index is 12.7. The molecule has 148 valence electrons. The van der Waals surface area contributed by atoms with E-state index in [1.165, 1.54) is 4.88 Å². The van der Waals surface area contributed by atoms with E-state index in [4.69, 9.17) is 14.5 Å². The van der Waals surface area contributed by atoms with Crippen molar-refractivity contribution in [2.24, 2.45) is 0 Å². The molecule has 2 aromatic carbocycles. The second kappa shape index (κ2) is 8.49. The molecule has 1 aliphatic heterocycles. The number of aromatic nitrogens is 1. The lowest BCUT2D eigenvalue weighted by Gasteiger charge is -2.24. The first-order valence-electron chi connectivity index (χ1n) is 9.41. The highest BCUT2D eigenvalue weighted by Gasteiger charge is 2.23. The van der Waals surface area contributed by atoms with Crippen LogP contribution >= 0.6 is 11.3 Å². The summed E-state index contributed by atoms with van der Waals surface area (Å²) in [4.78, 5) is 20.5. The Morgan fingerprint density at radius 1 is 1.10 bits per heavy atom. The number of fused-ring (bicyclic) bond motifs is 1. The Kier molecular flexibility index (Phi) is 5.62. The Bertz CT molecular complexity index is 1040. The van der Waals surface area contributed by atoms with Crippen molar-refractivity contribution in [3.63, 3.8) is 0 Å². The summed E-state index contributed by atoms with van der Waals surface area (Å²) in [6.07, 6.45) is 4.21. The summed E-state index contributed by atoms with van der Waals surface area (Å²) < 4.78 is 10.6. The summed E-state index contributed by atoms with van der Waals surface area (Å²) in [5.74, 6) is 1.31. The lowest BCUT2D eigenvalue weighted by molar-refractivity contribution is -0.126. The fourth-order valence-electron chi connectivity index (χ4n) is 3.32. The van der Waals surface area contributed by atoms with E-state index in [1.54, 1.807) is 31.6 Å². The molecule has 3 aromatic rings. The van der Waals surface area contributed by atoms with Crippen LogP contribution < -0.4 is 9.47 Å². The maximum absolute atomic E-state index is 12.7. The molecule has 0 fully saturated rings. The van der Waals surface area contributed by atoms with Gasteiger partial charge in [0, 0.05) is 29.5 Å². The Balaban J connectivity index is 1.46. The number of carbonyl (C=O) groups is 1. The molecule has 0 unspecified atom stereocenters. The van der Waals surface area contributed by atoms with E-state index in [9.17, 15) is 4.79 Å². The highest BCUT2D eigenvalue weighted by Crippen LogP contribution is 2.32. The molecule has 0 aliphatic carbocycles. The second-order valence-electron chi connectivity index (χ2n) is 6.71. The number of hydrogen-bond acceptors (Lipinski definition) is 5. The van der Waals surface area contributed by atoms with Crippen LogP contribution in [-0.4, -0.2) is 36.6 Å². The van der Waals surface area contributed by atoms with Crippen LogP contribution in [-0.2, 0) is 17.8 Å². The van der Waals surface area contributed by atoms with Gasteiger partial charge < -0.3 is 14.4 Å². The van der Waals surface area contributed by atoms with Crippen molar-refractivity contribution in [3.05, 3.63) is 70.7 Å². The molecule has 0 saturated heterocycles. The van der Waals surface area contributed by atoms with Crippen LogP contribution in [0.3, 0.4) is 0 Å². The minimum absolute atomic E-state index is 0.0000889. The lowest BCUT2D eigenvalue weighted by Crippen LogP contribution is -2.34. The molecule has 0 atom stereocenters. The average Bonchev–Trinajstić information content (AvgIpc) is 3.21. The van der Waals surface area contributed by atoms with Gasteiger partial charge in [-0.25, -0.2) is 4.98 Å². The van der Waals surface area contributed by atoms with Gasteiger partial charge in [0.2, 0.25) is 5.91 Å². The zero-order chi connectivity index (χ0) is 20.2. The van der Waals surface area contributed by atoms with Gasteiger partial charge in [-0.05, 0) is 23.8 Å². The van der Waals surface area contributed by atoms with E-state index in [0.717, 1.165) is 28.2 Å². The van der Waals surface area contributed by atoms with Gasteiger partial charge in [0.15, 0.2) is 11.5 Å². The number of thiazole rings is 1. The summed E-state index contributed by atoms with van der Waals surface area (Å²) in [5.41, 5.74) is 3.12. The van der Waals surface area contributed by atoms with Crippen molar-refractivity contribution in [2.45, 2.75) is 13.0 Å². The third-order valence-corrected chi connectivity index (χ3v) is 6.02. The Morgan fingerprint density at radius 3 is 2.66 bits per heavy atom. The molecule has 1 aliphatic rings. The van der Waals surface area contributed by atoms with Crippen molar-refractivity contribution in [1.29, 1.82) is 0 Å². The predicted octanol–water partition coefficient (Wildman–Crippen LogP) is 4.43. The molecule has 1 amide bonds. The van der Waals surface area contributed by atoms with Crippen LogP contribution in [0, 0.1) is 0 Å². The van der Waals surface area contributed by atoms with Gasteiger partial charge in [-0.15, -0.1) is 11.3 Å². The topological polar surface area (TPSA) is 51.7 Å². The quantitative estimate of drug-likeness (QED) is 0.589. The highest BCUT2D eigenvalue weighted by atomic mass is 32.1. The van der Waals surface area contributed by atoms with Crippen LogP contribution in [0.1, 0.15) is 16.1 Å². The van der Waals surface area contributed by atoms with Crippen LogP contribution in [0.15, 0.2) is 54.6 Å². The van der Waals surface area contributed by atoms with Gasteiger partial charge in [0.25, 0.3) is 0 Å². The SMILES string of the molecule is COc1ccc(/C=C/C(=O)N2CCc3nc(-c4ccccc4)sc3C2)cc1OC. The minimum atomic E-state index is 0.0000889. The first-order chi connectivity index (χ1) is 14.2. The predicted molar refractivity (Wildman–Crippen MR) is 115 cm³/mol. The first kappa shape index (κ1) is 19.2. The van der Waals surface area contributed by atoms with Crippen LogP contribution in [0.2, 0.25) is 0 Å². The molecule has 4 rings (SSSR count). The van der Waals surface area contributed by atoms with E-state index in [-0.39, 0.29) is 5.91 Å².